The van der Waals surface area contributed by atoms with Gasteiger partial charge >= 0.3 is 0 Å². The molecule has 0 bridgehead atoms. The van der Waals surface area contributed by atoms with Crippen molar-refractivity contribution in [2.24, 2.45) is 0 Å². The Labute approximate surface area is 390 Å². The highest BCUT2D eigenvalue weighted by Gasteiger charge is 2.45. The maximum Gasteiger partial charge on any atom is 0.0713 e. The van der Waals surface area contributed by atoms with Gasteiger partial charge in [0.2, 0.25) is 0 Å². The molecule has 0 amide bonds. The highest BCUT2D eigenvalue weighted by atomic mass is 15.1. The molecule has 0 aliphatic heterocycles. The van der Waals surface area contributed by atoms with Gasteiger partial charge in [-0.2, -0.15) is 0 Å². The van der Waals surface area contributed by atoms with Crippen molar-refractivity contribution in [3.63, 3.8) is 0 Å². The van der Waals surface area contributed by atoms with Crippen molar-refractivity contribution in [3.8, 4) is 39.1 Å². The normalized spacial score (nSPS) is 12.6. The number of fused-ring (bicyclic) bond motifs is 7. The molecule has 0 radical (unpaired) electrons. The number of benzene rings is 11. The van der Waals surface area contributed by atoms with Gasteiger partial charge in [-0.1, -0.05) is 194 Å². The Morgan fingerprint density at radius 3 is 1.36 bits per heavy atom. The number of nitrogens with zero attached hydrogens (tertiary/aromatic N) is 2. The molecule has 0 N–H and O–H groups in total. The fraction of sp³-hybridized carbons (Fsp3) is 0.0154. The summed E-state index contributed by atoms with van der Waals surface area (Å²) < 4.78 is 2.41. The fourth-order valence-electron chi connectivity index (χ4n) is 11.0. The van der Waals surface area contributed by atoms with Crippen molar-refractivity contribution < 1.29 is 0 Å². The topological polar surface area (TPSA) is 8.17 Å². The van der Waals surface area contributed by atoms with Gasteiger partial charge in [0, 0.05) is 33.5 Å². The first-order chi connectivity index (χ1) is 33.2. The number of anilines is 3. The lowest BCUT2D eigenvalue weighted by Crippen LogP contribution is -2.28. The minimum Gasteiger partial charge on any atom is -0.310 e. The molecule has 0 unspecified atom stereocenters. The van der Waals surface area contributed by atoms with E-state index in [4.69, 9.17) is 0 Å². The third kappa shape index (κ3) is 6.26. The Hall–Kier alpha value is -8.72. The average Bonchev–Trinajstić information content (AvgIpc) is 3.90. The van der Waals surface area contributed by atoms with Crippen LogP contribution in [0.4, 0.5) is 17.1 Å². The first-order valence-corrected chi connectivity index (χ1v) is 23.2. The van der Waals surface area contributed by atoms with E-state index in [1.165, 1.54) is 88.2 Å². The average molecular weight is 853 g/mol. The number of aromatic nitrogens is 1. The van der Waals surface area contributed by atoms with Crippen LogP contribution >= 0.6 is 0 Å². The predicted octanol–water partition coefficient (Wildman–Crippen LogP) is 17.1. The summed E-state index contributed by atoms with van der Waals surface area (Å²) in [5, 5.41) is 4.91. The summed E-state index contributed by atoms with van der Waals surface area (Å²) in [6.07, 6.45) is 0. The molecule has 11 aromatic carbocycles. The van der Waals surface area contributed by atoms with Crippen molar-refractivity contribution >= 4 is 49.6 Å². The standard InChI is InChI=1S/C65H44N2/c1-4-18-51(19-5-1)65(61-26-14-12-24-57(61)58-25-13-15-27-62(58)65)52-35-28-46(29-36-52)49-33-40-63-59(43-49)60-44-50(34-41-64(60)67(63)54-22-8-3-9-23-54)47-30-37-55(38-31-47)66(53-20-6-2-7-21-53)56-39-32-45-16-10-11-17-48(45)42-56/h1-44H. The molecule has 0 fully saturated rings. The van der Waals surface area contributed by atoms with Crippen LogP contribution in [0.3, 0.4) is 0 Å². The van der Waals surface area contributed by atoms with E-state index < -0.39 is 5.41 Å². The fourth-order valence-corrected chi connectivity index (χ4v) is 11.0. The number of hydrogen-bond acceptors (Lipinski definition) is 1. The Bertz CT molecular complexity index is 3730. The quantitative estimate of drug-likeness (QED) is 0.148. The lowest BCUT2D eigenvalue weighted by atomic mass is 9.67. The summed E-state index contributed by atoms with van der Waals surface area (Å²) in [7, 11) is 0. The highest BCUT2D eigenvalue weighted by Crippen LogP contribution is 2.56. The molecule has 12 aromatic rings. The van der Waals surface area contributed by atoms with Gasteiger partial charge in [0.15, 0.2) is 0 Å². The number of para-hydroxylation sites is 2. The Balaban J connectivity index is 0.913. The molecule has 1 heterocycles. The number of hydrogen-bond donors (Lipinski definition) is 0. The van der Waals surface area contributed by atoms with Gasteiger partial charge in [0.05, 0.1) is 16.4 Å². The van der Waals surface area contributed by atoms with Gasteiger partial charge in [-0.05, 0) is 139 Å². The Morgan fingerprint density at radius 1 is 0.299 bits per heavy atom. The van der Waals surface area contributed by atoms with E-state index in [2.05, 4.69) is 276 Å². The van der Waals surface area contributed by atoms with Crippen LogP contribution in [0.2, 0.25) is 0 Å². The summed E-state index contributed by atoms with van der Waals surface area (Å²) >= 11 is 0. The zero-order valence-corrected chi connectivity index (χ0v) is 36.8. The summed E-state index contributed by atoms with van der Waals surface area (Å²) in [6, 6.07) is 97.9. The smallest absolute Gasteiger partial charge is 0.0713 e. The molecule has 1 aliphatic carbocycles. The zero-order valence-electron chi connectivity index (χ0n) is 36.8. The summed E-state index contributed by atoms with van der Waals surface area (Å²) in [5.41, 5.74) is 19.0. The maximum absolute atomic E-state index is 2.41. The molecule has 0 atom stereocenters. The van der Waals surface area contributed by atoms with Crippen molar-refractivity contribution in [1.29, 1.82) is 0 Å². The van der Waals surface area contributed by atoms with Crippen LogP contribution in [0.5, 0.6) is 0 Å². The van der Waals surface area contributed by atoms with Gasteiger partial charge in [0.25, 0.3) is 0 Å². The zero-order chi connectivity index (χ0) is 44.3. The molecule has 67 heavy (non-hydrogen) atoms. The van der Waals surface area contributed by atoms with Crippen LogP contribution < -0.4 is 4.90 Å². The van der Waals surface area contributed by atoms with E-state index in [1.54, 1.807) is 0 Å². The molecule has 314 valence electrons. The van der Waals surface area contributed by atoms with Crippen LogP contribution in [0, 0.1) is 0 Å². The van der Waals surface area contributed by atoms with E-state index >= 15 is 0 Å². The second kappa shape index (κ2) is 15.8. The van der Waals surface area contributed by atoms with Crippen LogP contribution in [-0.2, 0) is 5.41 Å². The largest absolute Gasteiger partial charge is 0.310 e. The summed E-state index contributed by atoms with van der Waals surface area (Å²) in [6.45, 7) is 0. The first kappa shape index (κ1) is 38.7. The predicted molar refractivity (Wildman–Crippen MR) is 281 cm³/mol. The maximum atomic E-state index is 2.41. The third-order valence-corrected chi connectivity index (χ3v) is 14.1. The monoisotopic (exact) mass is 852 g/mol. The molecule has 0 spiro atoms. The second-order valence-corrected chi connectivity index (χ2v) is 17.7. The van der Waals surface area contributed by atoms with Crippen molar-refractivity contribution in [1.82, 2.24) is 4.57 Å². The molecule has 0 saturated carbocycles. The third-order valence-electron chi connectivity index (χ3n) is 14.1. The van der Waals surface area contributed by atoms with E-state index in [0.29, 0.717) is 0 Å². The minimum absolute atomic E-state index is 0.426. The molecular weight excluding hydrogens is 809 g/mol. The van der Waals surface area contributed by atoms with Gasteiger partial charge in [-0.15, -0.1) is 0 Å². The van der Waals surface area contributed by atoms with Gasteiger partial charge < -0.3 is 9.47 Å². The van der Waals surface area contributed by atoms with Gasteiger partial charge in [-0.3, -0.25) is 0 Å². The van der Waals surface area contributed by atoms with Crippen LogP contribution in [0.1, 0.15) is 22.3 Å². The Kier molecular flexibility index (Phi) is 9.11. The van der Waals surface area contributed by atoms with E-state index in [9.17, 15) is 0 Å². The van der Waals surface area contributed by atoms with E-state index in [-0.39, 0.29) is 0 Å². The van der Waals surface area contributed by atoms with Crippen molar-refractivity contribution in [2.75, 3.05) is 4.90 Å². The second-order valence-electron chi connectivity index (χ2n) is 17.7. The highest BCUT2D eigenvalue weighted by molar-refractivity contribution is 6.11. The molecular formula is C65H44N2. The molecule has 1 aliphatic rings. The van der Waals surface area contributed by atoms with Crippen molar-refractivity contribution in [2.45, 2.75) is 5.41 Å². The first-order valence-electron chi connectivity index (χ1n) is 23.2. The molecule has 13 rings (SSSR count). The number of rotatable bonds is 8. The lowest BCUT2D eigenvalue weighted by molar-refractivity contribution is 0.768. The van der Waals surface area contributed by atoms with Crippen LogP contribution in [0.25, 0.3) is 71.6 Å². The molecule has 0 saturated heterocycles. The summed E-state index contributed by atoms with van der Waals surface area (Å²) in [5.74, 6) is 0. The van der Waals surface area contributed by atoms with E-state index in [0.717, 1.165) is 22.7 Å². The molecule has 2 heteroatoms. The minimum atomic E-state index is -0.426. The van der Waals surface area contributed by atoms with Crippen LogP contribution in [-0.4, -0.2) is 4.57 Å². The SMILES string of the molecule is c1ccc(N(c2ccc(-c3ccc4c(c3)c3cc(-c5ccc(C6(c7ccccc7)c7ccccc7-c7ccccc76)cc5)ccc3n4-c3ccccc3)cc2)c2ccc3ccccc3c2)cc1. The van der Waals surface area contributed by atoms with Gasteiger partial charge in [0.1, 0.15) is 0 Å². The molecule has 2 nitrogen and oxygen atoms in total. The summed E-state index contributed by atoms with van der Waals surface area (Å²) in [4.78, 5) is 2.34. The van der Waals surface area contributed by atoms with Crippen molar-refractivity contribution in [3.05, 3.63) is 289 Å². The molecule has 1 aromatic heterocycles. The van der Waals surface area contributed by atoms with Crippen LogP contribution in [0.15, 0.2) is 267 Å². The van der Waals surface area contributed by atoms with E-state index in [1.807, 2.05) is 0 Å². The Morgan fingerprint density at radius 2 is 0.746 bits per heavy atom. The van der Waals surface area contributed by atoms with Gasteiger partial charge in [-0.25, -0.2) is 0 Å². The lowest BCUT2D eigenvalue weighted by Gasteiger charge is -2.34.